The summed E-state index contributed by atoms with van der Waals surface area (Å²) in [5.41, 5.74) is 1.54. The van der Waals surface area contributed by atoms with Crippen LogP contribution < -0.4 is 10.3 Å². The second-order valence-corrected chi connectivity index (χ2v) is 4.25. The van der Waals surface area contributed by atoms with Crippen molar-refractivity contribution in [1.82, 2.24) is 20.2 Å². The van der Waals surface area contributed by atoms with Gasteiger partial charge in [-0.3, -0.25) is 14.9 Å². The van der Waals surface area contributed by atoms with Crippen molar-refractivity contribution in [2.24, 2.45) is 0 Å². The third-order valence-corrected chi connectivity index (χ3v) is 2.96. The molecule has 0 bridgehead atoms. The molecule has 0 amide bonds. The number of rotatable bonds is 2. The molecule has 1 aromatic carbocycles. The lowest BCUT2D eigenvalue weighted by atomic mass is 10.1. The van der Waals surface area contributed by atoms with Gasteiger partial charge in [0.2, 0.25) is 5.28 Å². The van der Waals surface area contributed by atoms with Crippen LogP contribution in [0.5, 0.6) is 5.75 Å². The molecule has 2 N–H and O–H groups in total. The van der Waals surface area contributed by atoms with Crippen LogP contribution in [0.3, 0.4) is 0 Å². The van der Waals surface area contributed by atoms with E-state index in [4.69, 9.17) is 16.3 Å². The fraction of sp³-hybridized carbons (Fsp3) is 0.0833. The topological polar surface area (TPSA) is 83.7 Å². The number of aromatic amines is 2. The summed E-state index contributed by atoms with van der Waals surface area (Å²) in [5.74, 6) is 0.589. The molecule has 0 fully saturated rings. The highest BCUT2D eigenvalue weighted by Crippen LogP contribution is 2.29. The molecule has 0 radical (unpaired) electrons. The maximum absolute atomic E-state index is 12.1. The summed E-state index contributed by atoms with van der Waals surface area (Å²) in [6.07, 6.45) is 1.61. The van der Waals surface area contributed by atoms with E-state index in [0.29, 0.717) is 27.9 Å². The van der Waals surface area contributed by atoms with Crippen LogP contribution in [0.4, 0.5) is 0 Å². The van der Waals surface area contributed by atoms with Gasteiger partial charge >= 0.3 is 0 Å². The number of fused-ring (bicyclic) bond motifs is 1. The lowest BCUT2D eigenvalue weighted by molar-refractivity contribution is 0.415. The van der Waals surface area contributed by atoms with Crippen molar-refractivity contribution in [2.75, 3.05) is 7.11 Å². The molecule has 3 aromatic rings. The van der Waals surface area contributed by atoms with Crippen molar-refractivity contribution in [1.29, 1.82) is 0 Å². The van der Waals surface area contributed by atoms with E-state index in [-0.39, 0.29) is 10.8 Å². The lowest BCUT2D eigenvalue weighted by Gasteiger charge is -2.07. The van der Waals surface area contributed by atoms with Gasteiger partial charge in [0.1, 0.15) is 5.75 Å². The minimum absolute atomic E-state index is 0.0429. The molecule has 0 aliphatic heterocycles. The van der Waals surface area contributed by atoms with Crippen LogP contribution in [0.15, 0.2) is 29.2 Å². The van der Waals surface area contributed by atoms with E-state index in [1.807, 2.05) is 0 Å². The largest absolute Gasteiger partial charge is 0.497 e. The molecule has 2 heterocycles. The van der Waals surface area contributed by atoms with Crippen molar-refractivity contribution in [3.63, 3.8) is 0 Å². The fourth-order valence-corrected chi connectivity index (χ4v) is 2.13. The molecule has 0 spiro atoms. The summed E-state index contributed by atoms with van der Waals surface area (Å²) in [6, 6.07) is 5.18. The number of aromatic nitrogens is 4. The molecular weight excluding hydrogens is 268 g/mol. The molecule has 0 unspecified atom stereocenters. The Bertz CT molecular complexity index is 795. The maximum Gasteiger partial charge on any atom is 0.260 e. The molecule has 3 rings (SSSR count). The first-order valence-corrected chi connectivity index (χ1v) is 5.84. The predicted octanol–water partition coefficient (Wildman–Crippen LogP) is 1.98. The van der Waals surface area contributed by atoms with Gasteiger partial charge in [0.05, 0.1) is 23.7 Å². The van der Waals surface area contributed by atoms with Gasteiger partial charge in [-0.05, 0) is 23.7 Å². The zero-order chi connectivity index (χ0) is 13.4. The number of H-pyrrole nitrogens is 2. The molecule has 2 aromatic heterocycles. The van der Waals surface area contributed by atoms with Gasteiger partial charge in [-0.25, -0.2) is 4.98 Å². The third kappa shape index (κ3) is 1.96. The van der Waals surface area contributed by atoms with Crippen LogP contribution >= 0.6 is 11.6 Å². The molecule has 0 saturated heterocycles. The Kier molecular flexibility index (Phi) is 2.72. The van der Waals surface area contributed by atoms with Crippen LogP contribution in [0.2, 0.25) is 5.28 Å². The quantitative estimate of drug-likeness (QED) is 0.701. The maximum atomic E-state index is 12.1. The summed E-state index contributed by atoms with van der Waals surface area (Å²) in [7, 11) is 1.55. The molecule has 0 saturated carbocycles. The fourth-order valence-electron chi connectivity index (χ4n) is 1.95. The highest BCUT2D eigenvalue weighted by atomic mass is 35.5. The first kappa shape index (κ1) is 11.7. The van der Waals surface area contributed by atoms with Crippen LogP contribution in [-0.4, -0.2) is 27.3 Å². The van der Waals surface area contributed by atoms with E-state index in [2.05, 4.69) is 20.2 Å². The van der Waals surface area contributed by atoms with Crippen molar-refractivity contribution >= 4 is 22.5 Å². The second-order valence-electron chi connectivity index (χ2n) is 3.90. The van der Waals surface area contributed by atoms with E-state index in [1.165, 1.54) is 0 Å². The Hall–Kier alpha value is -2.34. The molecule has 7 heteroatoms. The Balaban J connectivity index is 2.45. The molecule has 6 nitrogen and oxygen atoms in total. The van der Waals surface area contributed by atoms with Gasteiger partial charge < -0.3 is 4.74 Å². The van der Waals surface area contributed by atoms with E-state index in [9.17, 15) is 4.79 Å². The average molecular weight is 277 g/mol. The monoisotopic (exact) mass is 276 g/mol. The Morgan fingerprint density at radius 1 is 1.37 bits per heavy atom. The number of hydrogen-bond acceptors (Lipinski definition) is 4. The van der Waals surface area contributed by atoms with Gasteiger partial charge in [-0.15, -0.1) is 0 Å². The van der Waals surface area contributed by atoms with Crippen molar-refractivity contribution < 1.29 is 4.74 Å². The van der Waals surface area contributed by atoms with Gasteiger partial charge in [0, 0.05) is 17.8 Å². The number of halogens is 1. The minimum atomic E-state index is -0.303. The van der Waals surface area contributed by atoms with Crippen molar-refractivity contribution in [2.45, 2.75) is 0 Å². The second kappa shape index (κ2) is 4.40. The smallest absolute Gasteiger partial charge is 0.260 e. The van der Waals surface area contributed by atoms with Crippen LogP contribution in [-0.2, 0) is 0 Å². The summed E-state index contributed by atoms with van der Waals surface area (Å²) >= 11 is 5.77. The molecule has 0 aliphatic rings. The van der Waals surface area contributed by atoms with Crippen molar-refractivity contribution in [3.05, 3.63) is 40.0 Å². The van der Waals surface area contributed by atoms with E-state index in [0.717, 1.165) is 0 Å². The number of ether oxygens (including phenoxy) is 1. The normalized spacial score (nSPS) is 10.8. The summed E-state index contributed by atoms with van der Waals surface area (Å²) in [5, 5.41) is 7.19. The Morgan fingerprint density at radius 3 is 2.89 bits per heavy atom. The first-order chi connectivity index (χ1) is 9.19. The third-order valence-electron chi connectivity index (χ3n) is 2.78. The highest BCUT2D eigenvalue weighted by molar-refractivity contribution is 6.28. The average Bonchev–Trinajstić information content (AvgIpc) is 2.90. The first-order valence-electron chi connectivity index (χ1n) is 5.46. The van der Waals surface area contributed by atoms with Crippen LogP contribution in [0.25, 0.3) is 22.2 Å². The number of nitrogens with one attached hydrogen (secondary N) is 2. The Morgan fingerprint density at radius 2 is 2.21 bits per heavy atom. The van der Waals surface area contributed by atoms with E-state index >= 15 is 0 Å². The SMILES string of the molecule is COc1cc(-c2ccn[nH]2)c2c(=O)[nH]c(Cl)nc2c1. The van der Waals surface area contributed by atoms with Crippen molar-refractivity contribution in [3.8, 4) is 17.0 Å². The number of nitrogens with zero attached hydrogens (tertiary/aromatic N) is 2. The molecule has 19 heavy (non-hydrogen) atoms. The van der Waals surface area contributed by atoms with E-state index < -0.39 is 0 Å². The number of methoxy groups -OCH3 is 1. The molecular formula is C12H9ClN4O2. The van der Waals surface area contributed by atoms with Gasteiger partial charge in [0.15, 0.2) is 0 Å². The zero-order valence-electron chi connectivity index (χ0n) is 9.90. The molecule has 0 aliphatic carbocycles. The summed E-state index contributed by atoms with van der Waals surface area (Å²) in [4.78, 5) is 18.6. The summed E-state index contributed by atoms with van der Waals surface area (Å²) < 4.78 is 5.21. The standard InChI is InChI=1S/C12H9ClN4O2/c1-19-6-4-7(8-2-3-14-17-8)10-9(5-6)15-12(13)16-11(10)18/h2-5H,1H3,(H,14,17)(H,15,16,18). The number of hydrogen-bond donors (Lipinski definition) is 2. The van der Waals surface area contributed by atoms with Gasteiger partial charge in [-0.2, -0.15) is 5.10 Å². The van der Waals surface area contributed by atoms with Crippen LogP contribution in [0.1, 0.15) is 0 Å². The predicted molar refractivity (Wildman–Crippen MR) is 71.5 cm³/mol. The number of benzene rings is 1. The lowest BCUT2D eigenvalue weighted by Crippen LogP contribution is -2.09. The minimum Gasteiger partial charge on any atom is -0.497 e. The van der Waals surface area contributed by atoms with Gasteiger partial charge in [-0.1, -0.05) is 0 Å². The zero-order valence-corrected chi connectivity index (χ0v) is 10.7. The Labute approximate surface area is 112 Å². The summed E-state index contributed by atoms with van der Waals surface area (Å²) in [6.45, 7) is 0. The van der Waals surface area contributed by atoms with E-state index in [1.54, 1.807) is 31.5 Å². The highest BCUT2D eigenvalue weighted by Gasteiger charge is 2.13. The van der Waals surface area contributed by atoms with Crippen LogP contribution in [0, 0.1) is 0 Å². The molecule has 96 valence electrons. The molecule has 0 atom stereocenters. The van der Waals surface area contributed by atoms with Gasteiger partial charge in [0.25, 0.3) is 5.56 Å².